The van der Waals surface area contributed by atoms with Crippen LogP contribution < -0.4 is 10.2 Å². The van der Waals surface area contributed by atoms with Gasteiger partial charge in [-0.1, -0.05) is 17.7 Å². The normalized spacial score (nSPS) is 15.5. The van der Waals surface area contributed by atoms with Crippen LogP contribution in [-0.2, 0) is 15.8 Å². The van der Waals surface area contributed by atoms with Crippen LogP contribution in [0.25, 0.3) is 17.4 Å². The van der Waals surface area contributed by atoms with Gasteiger partial charge in [0.25, 0.3) is 17.5 Å². The summed E-state index contributed by atoms with van der Waals surface area (Å²) in [5.41, 5.74) is -1.51. The lowest BCUT2D eigenvalue weighted by Gasteiger charge is -2.29. The van der Waals surface area contributed by atoms with Crippen molar-refractivity contribution in [3.8, 4) is 11.3 Å². The van der Waals surface area contributed by atoms with Crippen LogP contribution in [0.1, 0.15) is 11.3 Å². The lowest BCUT2D eigenvalue weighted by atomic mass is 10.1. The molecule has 1 N–H and O–H groups in total. The average Bonchev–Trinajstić information content (AvgIpc) is 3.24. The minimum Gasteiger partial charge on any atom is -0.457 e. The van der Waals surface area contributed by atoms with Crippen LogP contribution in [0.3, 0.4) is 0 Å². The Morgan fingerprint density at radius 2 is 1.86 bits per heavy atom. The highest BCUT2D eigenvalue weighted by Gasteiger charge is 2.37. The van der Waals surface area contributed by atoms with Crippen LogP contribution in [0.4, 0.5) is 24.5 Å². The van der Waals surface area contributed by atoms with E-state index in [0.717, 1.165) is 35.2 Å². The predicted molar refractivity (Wildman–Crippen MR) is 123 cm³/mol. The van der Waals surface area contributed by atoms with Gasteiger partial charge in [0.15, 0.2) is 5.11 Å². The number of nitro groups is 1. The van der Waals surface area contributed by atoms with Crippen molar-refractivity contribution in [1.29, 1.82) is 0 Å². The van der Waals surface area contributed by atoms with Crippen LogP contribution in [0.5, 0.6) is 0 Å². The first-order valence-electron chi connectivity index (χ1n) is 9.58. The molecule has 0 radical (unpaired) electrons. The minimum absolute atomic E-state index is 0.0420. The highest BCUT2D eigenvalue weighted by atomic mass is 35.5. The molecule has 1 aliphatic heterocycles. The summed E-state index contributed by atoms with van der Waals surface area (Å²) in [5, 5.41) is 12.8. The highest BCUT2D eigenvalue weighted by molar-refractivity contribution is 7.80. The Labute approximate surface area is 204 Å². The summed E-state index contributed by atoms with van der Waals surface area (Å²) in [7, 11) is 0. The molecule has 1 fully saturated rings. The average molecular weight is 522 g/mol. The topological polar surface area (TPSA) is 106 Å². The number of nitrogens with zero attached hydrogens (tertiary/aromatic N) is 2. The molecule has 4 rings (SSSR count). The molecular formula is C22H11ClF3N3O5S. The van der Waals surface area contributed by atoms with Crippen LogP contribution in [0.2, 0.25) is 5.02 Å². The maximum atomic E-state index is 13.1. The van der Waals surface area contributed by atoms with Crippen LogP contribution in [0, 0.1) is 10.1 Å². The number of furan rings is 1. The largest absolute Gasteiger partial charge is 0.457 e. The summed E-state index contributed by atoms with van der Waals surface area (Å²) in [4.78, 5) is 36.5. The number of hydrogen-bond acceptors (Lipinski definition) is 6. The molecule has 0 aliphatic carbocycles. The van der Waals surface area contributed by atoms with Crippen molar-refractivity contribution in [2.45, 2.75) is 6.18 Å². The molecule has 13 heteroatoms. The molecular weight excluding hydrogens is 511 g/mol. The first-order valence-corrected chi connectivity index (χ1v) is 10.4. The second kappa shape index (κ2) is 8.96. The Balaban J connectivity index is 1.67. The first-order chi connectivity index (χ1) is 16.5. The summed E-state index contributed by atoms with van der Waals surface area (Å²) < 4.78 is 45.0. The maximum Gasteiger partial charge on any atom is 0.416 e. The molecule has 178 valence electrons. The Morgan fingerprint density at radius 1 is 1.11 bits per heavy atom. The fraction of sp³-hybridized carbons (Fsp3) is 0.0455. The molecule has 2 aromatic carbocycles. The van der Waals surface area contributed by atoms with Gasteiger partial charge in [0, 0.05) is 17.7 Å². The number of nitro benzene ring substituents is 1. The van der Waals surface area contributed by atoms with Gasteiger partial charge in [-0.2, -0.15) is 13.2 Å². The predicted octanol–water partition coefficient (Wildman–Crippen LogP) is 5.36. The van der Waals surface area contributed by atoms with Gasteiger partial charge in [-0.05, 0) is 54.7 Å². The number of nitrogens with one attached hydrogen (secondary N) is 1. The number of carbonyl (C=O) groups is 2. The fourth-order valence-electron chi connectivity index (χ4n) is 3.25. The molecule has 0 spiro atoms. The molecule has 1 saturated heterocycles. The highest BCUT2D eigenvalue weighted by Crippen LogP contribution is 2.34. The van der Waals surface area contributed by atoms with E-state index in [1.807, 2.05) is 0 Å². The standard InChI is InChI=1S/C22H11ClF3N3O5S/c23-17-9-13(29(32)33)4-6-15(17)18-7-5-14(34-18)10-16-19(30)27-21(35)28(20(16)31)12-3-1-2-11(8-12)22(24,25)26/h1-10H,(H,27,30,35)/b16-10+. The van der Waals surface area contributed by atoms with Gasteiger partial charge in [0.05, 0.1) is 21.2 Å². The lowest BCUT2D eigenvalue weighted by molar-refractivity contribution is -0.384. The van der Waals surface area contributed by atoms with Crippen molar-refractivity contribution in [2.24, 2.45) is 0 Å². The molecule has 2 heterocycles. The molecule has 0 bridgehead atoms. The van der Waals surface area contributed by atoms with E-state index in [0.29, 0.717) is 5.56 Å². The Hall–Kier alpha value is -4.03. The third-order valence-electron chi connectivity index (χ3n) is 4.88. The number of thiocarbonyl (C=S) groups is 1. The lowest BCUT2D eigenvalue weighted by Crippen LogP contribution is -2.54. The molecule has 1 aliphatic rings. The van der Waals surface area contributed by atoms with Gasteiger partial charge in [-0.3, -0.25) is 29.9 Å². The van der Waals surface area contributed by atoms with E-state index in [-0.39, 0.29) is 33.0 Å². The molecule has 1 aromatic heterocycles. The van der Waals surface area contributed by atoms with Crippen molar-refractivity contribution in [2.75, 3.05) is 4.90 Å². The van der Waals surface area contributed by atoms with E-state index in [1.165, 1.54) is 30.3 Å². The molecule has 2 amide bonds. The molecule has 0 atom stereocenters. The smallest absolute Gasteiger partial charge is 0.416 e. The number of carbonyl (C=O) groups excluding carboxylic acids is 2. The number of non-ortho nitro benzene ring substituents is 1. The molecule has 8 nitrogen and oxygen atoms in total. The van der Waals surface area contributed by atoms with E-state index in [9.17, 15) is 32.9 Å². The van der Waals surface area contributed by atoms with Crippen LogP contribution >= 0.6 is 23.8 Å². The molecule has 3 aromatic rings. The van der Waals surface area contributed by atoms with Gasteiger partial charge >= 0.3 is 6.18 Å². The summed E-state index contributed by atoms with van der Waals surface area (Å²) >= 11 is 11.1. The number of halogens is 4. The molecule has 35 heavy (non-hydrogen) atoms. The second-order valence-electron chi connectivity index (χ2n) is 7.13. The summed E-state index contributed by atoms with van der Waals surface area (Å²) in [6.07, 6.45) is -3.55. The number of anilines is 1. The SMILES string of the molecule is O=C1NC(=S)N(c2cccc(C(F)(F)F)c2)C(=O)/C1=C/c1ccc(-c2ccc([N+](=O)[O-])cc2Cl)o1. The number of amides is 2. The second-order valence-corrected chi connectivity index (χ2v) is 7.92. The van der Waals surface area contributed by atoms with Gasteiger partial charge in [-0.15, -0.1) is 0 Å². The Bertz CT molecular complexity index is 1430. The quantitative estimate of drug-likeness (QED) is 0.163. The number of benzene rings is 2. The van der Waals surface area contributed by atoms with Crippen LogP contribution in [-0.4, -0.2) is 21.9 Å². The summed E-state index contributed by atoms with van der Waals surface area (Å²) in [5.74, 6) is -1.57. The molecule has 0 unspecified atom stereocenters. The Morgan fingerprint density at radius 3 is 2.51 bits per heavy atom. The number of rotatable bonds is 4. The van der Waals surface area contributed by atoms with Gasteiger partial charge in [-0.25, -0.2) is 0 Å². The fourth-order valence-corrected chi connectivity index (χ4v) is 3.80. The van der Waals surface area contributed by atoms with Gasteiger partial charge < -0.3 is 4.42 Å². The third kappa shape index (κ3) is 4.79. The third-order valence-corrected chi connectivity index (χ3v) is 5.47. The van der Waals surface area contributed by atoms with E-state index in [2.05, 4.69) is 5.32 Å². The maximum absolute atomic E-state index is 13.1. The molecule has 0 saturated carbocycles. The zero-order valence-corrected chi connectivity index (χ0v) is 18.7. The van der Waals surface area contributed by atoms with Gasteiger partial charge in [0.1, 0.15) is 17.1 Å². The van der Waals surface area contributed by atoms with E-state index < -0.39 is 34.1 Å². The first kappa shape index (κ1) is 24.1. The number of alkyl halides is 3. The number of hydrogen-bond donors (Lipinski definition) is 1. The minimum atomic E-state index is -4.65. The summed E-state index contributed by atoms with van der Waals surface area (Å²) in [6.45, 7) is 0. The summed E-state index contributed by atoms with van der Waals surface area (Å²) in [6, 6.07) is 10.6. The zero-order chi connectivity index (χ0) is 25.5. The Kier molecular flexibility index (Phi) is 6.17. The van der Waals surface area contributed by atoms with Crippen molar-refractivity contribution in [3.63, 3.8) is 0 Å². The van der Waals surface area contributed by atoms with E-state index in [4.69, 9.17) is 28.2 Å². The zero-order valence-electron chi connectivity index (χ0n) is 17.1. The van der Waals surface area contributed by atoms with Crippen molar-refractivity contribution in [3.05, 3.63) is 86.6 Å². The van der Waals surface area contributed by atoms with Crippen molar-refractivity contribution >= 4 is 58.2 Å². The van der Waals surface area contributed by atoms with E-state index >= 15 is 0 Å². The van der Waals surface area contributed by atoms with Crippen molar-refractivity contribution in [1.82, 2.24) is 5.32 Å². The van der Waals surface area contributed by atoms with Crippen LogP contribution in [0.15, 0.2) is 64.6 Å². The monoisotopic (exact) mass is 521 g/mol. The van der Waals surface area contributed by atoms with Gasteiger partial charge in [0.2, 0.25) is 0 Å². The van der Waals surface area contributed by atoms with Crippen molar-refractivity contribution < 1.29 is 32.1 Å². The van der Waals surface area contributed by atoms with E-state index in [1.54, 1.807) is 0 Å².